The van der Waals surface area contributed by atoms with Crippen molar-refractivity contribution in [1.82, 2.24) is 24.1 Å². The highest BCUT2D eigenvalue weighted by Crippen LogP contribution is 2.43. The molecular weight excluding hydrogens is 754 g/mol. The van der Waals surface area contributed by atoms with Crippen LogP contribution in [0.15, 0.2) is 152 Å². The van der Waals surface area contributed by atoms with Gasteiger partial charge in [-0.15, -0.1) is 0 Å². The fourth-order valence-electron chi connectivity index (χ4n) is 9.87. The molecule has 6 nitrogen and oxygen atoms in total. The third-order valence-corrected chi connectivity index (χ3v) is 13.4. The number of aromatic nitrogens is 5. The summed E-state index contributed by atoms with van der Waals surface area (Å²) in [6, 6.07) is 41.2. The summed E-state index contributed by atoms with van der Waals surface area (Å²) < 4.78 is 4.70. The molecule has 0 spiro atoms. The fraction of sp³-hybridized carbons (Fsp3) is 0.0962. The van der Waals surface area contributed by atoms with E-state index in [1.807, 2.05) is 15.7 Å². The number of rotatable bonds is 6. The number of allylic oxidation sites excluding steroid dienone is 8. The van der Waals surface area contributed by atoms with E-state index in [0.29, 0.717) is 23.5 Å². The van der Waals surface area contributed by atoms with Crippen LogP contribution in [0.5, 0.6) is 5.75 Å². The number of phenols is 1. The molecule has 2 unspecified atom stereocenters. The van der Waals surface area contributed by atoms with Gasteiger partial charge in [0.2, 0.25) is 5.95 Å². The lowest BCUT2D eigenvalue weighted by Crippen LogP contribution is -2.44. The van der Waals surface area contributed by atoms with Crippen LogP contribution in [0.25, 0.3) is 83.6 Å². The molecule has 10 heteroatoms. The molecule has 1 N–H and O–H groups in total. The van der Waals surface area contributed by atoms with E-state index in [2.05, 4.69) is 183 Å². The number of phenolic OH excluding ortho intramolecular Hbond substituents is 1. The average Bonchev–Trinajstić information content (AvgIpc) is 3.84. The molecule has 2 aliphatic rings. The van der Waals surface area contributed by atoms with Crippen molar-refractivity contribution in [3.05, 3.63) is 163 Å². The van der Waals surface area contributed by atoms with Gasteiger partial charge in [-0.05, 0) is 65.2 Å². The molecule has 2 atom stereocenters. The lowest BCUT2D eigenvalue weighted by molar-refractivity contribution is 0.484. The van der Waals surface area contributed by atoms with E-state index < -0.39 is 0 Å². The molecular formula is C52H43B4N5O. The first kappa shape index (κ1) is 37.9. The van der Waals surface area contributed by atoms with E-state index in [-0.39, 0.29) is 11.7 Å². The smallest absolute Gasteiger partial charge is 0.238 e. The first-order chi connectivity index (χ1) is 30.2. The number of nitrogens with zero attached hydrogens (tertiary/aromatic N) is 5. The van der Waals surface area contributed by atoms with Crippen LogP contribution in [-0.2, 0) is 0 Å². The molecule has 0 bridgehead atoms. The summed E-state index contributed by atoms with van der Waals surface area (Å²) in [5.41, 5.74) is 14.4. The number of fused-ring (bicyclic) bond motifs is 7. The van der Waals surface area contributed by atoms with E-state index in [1.54, 1.807) is 0 Å². The summed E-state index contributed by atoms with van der Waals surface area (Å²) in [5.74, 6) is 2.64. The quantitative estimate of drug-likeness (QED) is 0.219. The maximum Gasteiger partial charge on any atom is 0.238 e. The predicted octanol–water partition coefficient (Wildman–Crippen LogP) is 5.71. The van der Waals surface area contributed by atoms with Gasteiger partial charge >= 0.3 is 0 Å². The average molecular weight is 797 g/mol. The van der Waals surface area contributed by atoms with Crippen LogP contribution in [-0.4, -0.2) is 60.6 Å². The van der Waals surface area contributed by atoms with Crippen LogP contribution < -0.4 is 21.9 Å². The number of hydrogen-bond donors (Lipinski definition) is 1. The Morgan fingerprint density at radius 1 is 0.597 bits per heavy atom. The number of benzene rings is 6. The maximum atomic E-state index is 11.5. The summed E-state index contributed by atoms with van der Waals surface area (Å²) >= 11 is 0. The van der Waals surface area contributed by atoms with Gasteiger partial charge in [-0.2, -0.15) is 9.97 Å². The van der Waals surface area contributed by atoms with Crippen LogP contribution in [0.3, 0.4) is 0 Å². The van der Waals surface area contributed by atoms with Gasteiger partial charge in [0.05, 0.1) is 22.1 Å². The second-order valence-electron chi connectivity index (χ2n) is 17.1. The molecule has 3 aromatic heterocycles. The van der Waals surface area contributed by atoms with Gasteiger partial charge in [-0.25, -0.2) is 4.98 Å². The molecule has 0 fully saturated rings. The highest BCUT2D eigenvalue weighted by Gasteiger charge is 2.26. The van der Waals surface area contributed by atoms with Gasteiger partial charge in [0.15, 0.2) is 11.6 Å². The molecule has 0 radical (unpaired) electrons. The lowest BCUT2D eigenvalue weighted by Gasteiger charge is -2.20. The largest absolute Gasteiger partial charge is 0.509 e. The van der Waals surface area contributed by atoms with Crippen molar-refractivity contribution in [3.63, 3.8) is 0 Å². The fourth-order valence-corrected chi connectivity index (χ4v) is 9.87. The maximum absolute atomic E-state index is 11.5. The molecule has 0 amide bonds. The van der Waals surface area contributed by atoms with E-state index >= 15 is 0 Å². The Balaban J connectivity index is 1.24. The van der Waals surface area contributed by atoms with E-state index in [1.165, 1.54) is 16.5 Å². The first-order valence-corrected chi connectivity index (χ1v) is 21.7. The Bertz CT molecular complexity index is 3420. The molecule has 11 rings (SSSR count). The molecule has 2 aliphatic carbocycles. The minimum Gasteiger partial charge on any atom is -0.509 e. The minimum absolute atomic E-state index is 0.242. The monoisotopic (exact) mass is 797 g/mol. The molecule has 3 heterocycles. The normalized spacial score (nSPS) is 16.4. The third-order valence-electron chi connectivity index (χ3n) is 13.4. The van der Waals surface area contributed by atoms with Crippen molar-refractivity contribution < 1.29 is 5.11 Å². The Morgan fingerprint density at radius 2 is 1.26 bits per heavy atom. The number of aromatic hydroxyl groups is 1. The van der Waals surface area contributed by atoms with Crippen LogP contribution in [0.2, 0.25) is 0 Å². The highest BCUT2D eigenvalue weighted by atomic mass is 16.3. The Labute approximate surface area is 364 Å². The van der Waals surface area contributed by atoms with Gasteiger partial charge in [0.25, 0.3) is 0 Å². The summed E-state index contributed by atoms with van der Waals surface area (Å²) in [7, 11) is 8.10. The van der Waals surface area contributed by atoms with Crippen LogP contribution in [0.1, 0.15) is 36.8 Å². The predicted molar refractivity (Wildman–Crippen MR) is 271 cm³/mol. The molecule has 0 aliphatic heterocycles. The number of para-hydroxylation sites is 2. The SMILES string of the molecule is Bc1c(B)c(O)c(B)c(-c2nc(-c3cccc(C4=CCC(C)C=C4)c3)nc(-n3c4ccccc4c4ccc5c6ccccc6n(C6=CC(c7ccccc7)CC=C6)c5c43)n2)c1B. The first-order valence-electron chi connectivity index (χ1n) is 21.7. The summed E-state index contributed by atoms with van der Waals surface area (Å²) in [6.45, 7) is 2.24. The van der Waals surface area contributed by atoms with Crippen molar-refractivity contribution in [2.45, 2.75) is 25.7 Å². The molecule has 62 heavy (non-hydrogen) atoms. The third kappa shape index (κ3) is 6.03. The van der Waals surface area contributed by atoms with Crippen molar-refractivity contribution in [1.29, 1.82) is 0 Å². The molecule has 6 aromatic carbocycles. The Hall–Kier alpha value is -7.05. The van der Waals surface area contributed by atoms with Crippen molar-refractivity contribution in [2.24, 2.45) is 5.92 Å². The van der Waals surface area contributed by atoms with Gasteiger partial charge in [0, 0.05) is 44.3 Å². The van der Waals surface area contributed by atoms with Gasteiger partial charge in [-0.1, -0.05) is 151 Å². The zero-order chi connectivity index (χ0) is 42.2. The summed E-state index contributed by atoms with van der Waals surface area (Å²) in [5, 5.41) is 16.1. The second-order valence-corrected chi connectivity index (χ2v) is 17.1. The number of hydrogen-bond acceptors (Lipinski definition) is 4. The lowest BCUT2D eigenvalue weighted by atomic mass is 9.66. The van der Waals surface area contributed by atoms with Gasteiger partial charge < -0.3 is 9.67 Å². The summed E-state index contributed by atoms with van der Waals surface area (Å²) in [6.07, 6.45) is 15.8. The topological polar surface area (TPSA) is 68.8 Å². The Kier molecular flexibility index (Phi) is 9.08. The zero-order valence-electron chi connectivity index (χ0n) is 35.7. The molecule has 9 aromatic rings. The summed E-state index contributed by atoms with van der Waals surface area (Å²) in [4.78, 5) is 16.2. The van der Waals surface area contributed by atoms with E-state index in [9.17, 15) is 5.11 Å². The van der Waals surface area contributed by atoms with Crippen LogP contribution >= 0.6 is 0 Å². The molecule has 0 saturated carbocycles. The van der Waals surface area contributed by atoms with Crippen molar-refractivity contribution >= 4 is 108 Å². The Morgan fingerprint density at radius 3 is 1.98 bits per heavy atom. The van der Waals surface area contributed by atoms with E-state index in [4.69, 9.17) is 15.0 Å². The standard InChI is InChI=1S/C52H43B4N5O/c1-29-21-23-31(24-22-29)32-13-9-15-34(27-32)50-57-51(42-43(53)45(55)46(56)49(62)44(42)54)59-52(58-50)61-41-20-8-6-18-37(41)39-26-25-38-36-17-5-7-19-40(36)60(47(38)48(39)61)35-16-10-14-33(28-35)30-11-3-2-4-12-30/h2-13,15-21,23-29,33,62H,14,22,53-56H2,1H3. The minimum atomic E-state index is 0.242. The van der Waals surface area contributed by atoms with Crippen LogP contribution in [0, 0.1) is 5.92 Å². The highest BCUT2D eigenvalue weighted by molar-refractivity contribution is 6.62. The van der Waals surface area contributed by atoms with E-state index in [0.717, 1.165) is 95.3 Å². The van der Waals surface area contributed by atoms with Crippen molar-refractivity contribution in [3.8, 4) is 34.5 Å². The van der Waals surface area contributed by atoms with Gasteiger partial charge in [0.1, 0.15) is 37.1 Å². The molecule has 294 valence electrons. The van der Waals surface area contributed by atoms with Crippen molar-refractivity contribution in [2.75, 3.05) is 0 Å². The second kappa shape index (κ2) is 14.8. The molecule has 0 saturated heterocycles. The zero-order valence-corrected chi connectivity index (χ0v) is 35.7. The van der Waals surface area contributed by atoms with Crippen LogP contribution in [0.4, 0.5) is 0 Å². The van der Waals surface area contributed by atoms with Gasteiger partial charge in [-0.3, -0.25) is 4.57 Å².